The lowest BCUT2D eigenvalue weighted by atomic mass is 10.1. The van der Waals surface area contributed by atoms with Gasteiger partial charge in [0.15, 0.2) is 10.6 Å². The Bertz CT molecular complexity index is 970. The molecule has 0 aliphatic heterocycles. The van der Waals surface area contributed by atoms with Crippen molar-refractivity contribution >= 4 is 17.0 Å². The fourth-order valence-corrected chi connectivity index (χ4v) is 3.60. The lowest BCUT2D eigenvalue weighted by Gasteiger charge is -2.08. The van der Waals surface area contributed by atoms with E-state index in [1.54, 1.807) is 18.2 Å². The van der Waals surface area contributed by atoms with Crippen LogP contribution in [0, 0.1) is 17.5 Å². The van der Waals surface area contributed by atoms with Crippen LogP contribution in [0.4, 0.5) is 18.9 Å². The van der Waals surface area contributed by atoms with Crippen LogP contribution >= 0.6 is 11.3 Å². The van der Waals surface area contributed by atoms with Gasteiger partial charge < -0.3 is 4.57 Å². The highest BCUT2D eigenvalue weighted by Crippen LogP contribution is 2.38. The maximum atomic E-state index is 14.1. The predicted octanol–water partition coefficient (Wildman–Crippen LogP) is 5.20. The normalized spacial score (nSPS) is 15.0. The molecule has 0 amide bonds. The molecule has 0 N–H and O–H groups in total. The Kier molecular flexibility index (Phi) is 3.76. The SMILES string of the molecule is Fc1ccc(N=c2scc(-c3ccccc3F)n2C2CC2)c(F)c1. The van der Waals surface area contributed by atoms with Crippen molar-refractivity contribution < 1.29 is 13.2 Å². The number of hydrogen-bond acceptors (Lipinski definition) is 2. The van der Waals surface area contributed by atoms with E-state index in [-0.39, 0.29) is 17.5 Å². The van der Waals surface area contributed by atoms with Gasteiger partial charge in [0.1, 0.15) is 17.3 Å². The second kappa shape index (κ2) is 5.94. The summed E-state index contributed by atoms with van der Waals surface area (Å²) in [6.45, 7) is 0. The van der Waals surface area contributed by atoms with E-state index < -0.39 is 11.6 Å². The van der Waals surface area contributed by atoms with Crippen molar-refractivity contribution in [3.8, 4) is 11.3 Å². The summed E-state index contributed by atoms with van der Waals surface area (Å²) in [6.07, 6.45) is 1.97. The molecule has 4 rings (SSSR count). The lowest BCUT2D eigenvalue weighted by molar-refractivity contribution is 0.583. The third-order valence-corrected chi connectivity index (χ3v) is 4.77. The molecule has 0 unspecified atom stereocenters. The highest BCUT2D eigenvalue weighted by molar-refractivity contribution is 7.07. The maximum absolute atomic E-state index is 14.1. The lowest BCUT2D eigenvalue weighted by Crippen LogP contribution is -2.14. The molecule has 0 saturated heterocycles. The Hall–Kier alpha value is -2.34. The summed E-state index contributed by atoms with van der Waals surface area (Å²) in [7, 11) is 0. The zero-order valence-corrected chi connectivity index (χ0v) is 13.4. The van der Waals surface area contributed by atoms with Crippen LogP contribution in [0.25, 0.3) is 11.3 Å². The standard InChI is InChI=1S/C18H13F3N2S/c19-11-5-8-16(15(21)9-11)22-18-23(12-6-7-12)17(10-24-18)13-3-1-2-4-14(13)20/h1-5,8-10,12H,6-7H2. The molecule has 2 aromatic carbocycles. The molecule has 0 spiro atoms. The number of aromatic nitrogens is 1. The zero-order valence-electron chi connectivity index (χ0n) is 12.5. The van der Waals surface area contributed by atoms with Crippen molar-refractivity contribution in [3.05, 3.63) is 70.1 Å². The Morgan fingerprint density at radius 3 is 2.50 bits per heavy atom. The number of thiazole rings is 1. The molecule has 1 saturated carbocycles. The summed E-state index contributed by atoms with van der Waals surface area (Å²) in [5.41, 5.74) is 1.32. The summed E-state index contributed by atoms with van der Waals surface area (Å²) in [5, 5.41) is 1.83. The smallest absolute Gasteiger partial charge is 0.190 e. The van der Waals surface area contributed by atoms with E-state index >= 15 is 0 Å². The second-order valence-corrected chi connectivity index (χ2v) is 6.53. The van der Waals surface area contributed by atoms with Gasteiger partial charge in [0.25, 0.3) is 0 Å². The van der Waals surface area contributed by atoms with Gasteiger partial charge in [0, 0.05) is 23.1 Å². The highest BCUT2D eigenvalue weighted by atomic mass is 32.1. The van der Waals surface area contributed by atoms with E-state index in [0.717, 1.165) is 24.6 Å². The number of benzene rings is 2. The molecule has 2 nitrogen and oxygen atoms in total. The third-order valence-electron chi connectivity index (χ3n) is 3.93. The van der Waals surface area contributed by atoms with Gasteiger partial charge in [-0.2, -0.15) is 0 Å². The first kappa shape index (κ1) is 15.2. The van der Waals surface area contributed by atoms with Crippen LogP contribution in [0.1, 0.15) is 18.9 Å². The van der Waals surface area contributed by atoms with Gasteiger partial charge >= 0.3 is 0 Å². The molecule has 1 aliphatic carbocycles. The molecule has 1 fully saturated rings. The molecule has 122 valence electrons. The summed E-state index contributed by atoms with van der Waals surface area (Å²) < 4.78 is 43.0. The van der Waals surface area contributed by atoms with E-state index in [4.69, 9.17) is 0 Å². The molecule has 0 bridgehead atoms. The average molecular weight is 346 g/mol. The van der Waals surface area contributed by atoms with E-state index in [0.29, 0.717) is 10.4 Å². The first-order valence-electron chi connectivity index (χ1n) is 7.58. The number of rotatable bonds is 3. The van der Waals surface area contributed by atoms with Crippen LogP contribution in [0.2, 0.25) is 0 Å². The van der Waals surface area contributed by atoms with Crippen molar-refractivity contribution in [2.24, 2.45) is 4.99 Å². The van der Waals surface area contributed by atoms with E-state index in [1.807, 2.05) is 9.95 Å². The molecule has 0 atom stereocenters. The minimum atomic E-state index is -0.710. The minimum Gasteiger partial charge on any atom is -0.313 e. The predicted molar refractivity (Wildman–Crippen MR) is 87.6 cm³/mol. The van der Waals surface area contributed by atoms with Gasteiger partial charge in [0.2, 0.25) is 0 Å². The van der Waals surface area contributed by atoms with Crippen LogP contribution < -0.4 is 4.80 Å². The first-order chi connectivity index (χ1) is 11.6. The summed E-state index contributed by atoms with van der Waals surface area (Å²) in [6, 6.07) is 10.1. The zero-order chi connectivity index (χ0) is 16.7. The maximum Gasteiger partial charge on any atom is 0.190 e. The van der Waals surface area contributed by atoms with Crippen molar-refractivity contribution in [2.45, 2.75) is 18.9 Å². The van der Waals surface area contributed by atoms with E-state index in [1.165, 1.54) is 29.5 Å². The number of nitrogens with zero attached hydrogens (tertiary/aromatic N) is 2. The quantitative estimate of drug-likeness (QED) is 0.620. The highest BCUT2D eigenvalue weighted by Gasteiger charge is 2.28. The van der Waals surface area contributed by atoms with Crippen molar-refractivity contribution in [3.63, 3.8) is 0 Å². The summed E-state index contributed by atoms with van der Waals surface area (Å²) in [5.74, 6) is -1.65. The Balaban J connectivity index is 1.89. The van der Waals surface area contributed by atoms with E-state index in [9.17, 15) is 13.2 Å². The van der Waals surface area contributed by atoms with Crippen molar-refractivity contribution in [1.29, 1.82) is 0 Å². The van der Waals surface area contributed by atoms with Crippen LogP contribution in [-0.2, 0) is 0 Å². The molecular formula is C18H13F3N2S. The van der Waals surface area contributed by atoms with Crippen LogP contribution in [0.15, 0.2) is 52.8 Å². The van der Waals surface area contributed by atoms with Crippen LogP contribution in [-0.4, -0.2) is 4.57 Å². The second-order valence-electron chi connectivity index (χ2n) is 5.69. The minimum absolute atomic E-state index is 0.0766. The molecule has 1 aromatic heterocycles. The first-order valence-corrected chi connectivity index (χ1v) is 8.46. The van der Waals surface area contributed by atoms with Crippen LogP contribution in [0.3, 0.4) is 0 Å². The Labute approximate surface area is 140 Å². The largest absolute Gasteiger partial charge is 0.313 e. The van der Waals surface area contributed by atoms with Gasteiger partial charge in [-0.15, -0.1) is 11.3 Å². The van der Waals surface area contributed by atoms with Crippen LogP contribution in [0.5, 0.6) is 0 Å². The summed E-state index contributed by atoms with van der Waals surface area (Å²) in [4.78, 5) is 4.92. The average Bonchev–Trinajstić information content (AvgIpc) is 3.31. The topological polar surface area (TPSA) is 17.3 Å². The van der Waals surface area contributed by atoms with Gasteiger partial charge in [-0.1, -0.05) is 12.1 Å². The monoisotopic (exact) mass is 346 g/mol. The molecular weight excluding hydrogens is 333 g/mol. The van der Waals surface area contributed by atoms with Gasteiger partial charge in [-0.3, -0.25) is 0 Å². The van der Waals surface area contributed by atoms with E-state index in [2.05, 4.69) is 4.99 Å². The Morgan fingerprint density at radius 1 is 1.00 bits per heavy atom. The van der Waals surface area contributed by atoms with Crippen molar-refractivity contribution in [1.82, 2.24) is 4.57 Å². The van der Waals surface area contributed by atoms with Gasteiger partial charge in [-0.25, -0.2) is 18.2 Å². The van der Waals surface area contributed by atoms with Gasteiger partial charge in [0.05, 0.1) is 5.69 Å². The van der Waals surface area contributed by atoms with Crippen molar-refractivity contribution in [2.75, 3.05) is 0 Å². The van der Waals surface area contributed by atoms with Gasteiger partial charge in [-0.05, 0) is 37.1 Å². The third kappa shape index (κ3) is 2.78. The molecule has 1 aliphatic rings. The Morgan fingerprint density at radius 2 is 1.79 bits per heavy atom. The molecule has 3 aromatic rings. The molecule has 1 heterocycles. The fourth-order valence-electron chi connectivity index (χ4n) is 2.63. The molecule has 24 heavy (non-hydrogen) atoms. The molecule has 0 radical (unpaired) electrons. The fraction of sp³-hybridized carbons (Fsp3) is 0.167. The summed E-state index contributed by atoms with van der Waals surface area (Å²) >= 11 is 1.32. The molecule has 6 heteroatoms. The number of hydrogen-bond donors (Lipinski definition) is 0. The number of halogens is 3.